The number of amides is 3. The number of allylic oxidation sites excluding steroid dienone is 3. The Morgan fingerprint density at radius 3 is 2.23 bits per heavy atom. The van der Waals surface area contributed by atoms with Crippen molar-refractivity contribution in [2.45, 2.75) is 6.42 Å². The average Bonchev–Trinajstić information content (AvgIpc) is 3.37. The second-order valence-corrected chi connectivity index (χ2v) is 7.26. The van der Waals surface area contributed by atoms with Crippen molar-refractivity contribution in [3.8, 4) is 0 Å². The van der Waals surface area contributed by atoms with Crippen LogP contribution in [0.15, 0.2) is 48.7 Å². The average molecular weight is 350 g/mol. The highest BCUT2D eigenvalue weighted by atomic mass is 16.7. The van der Waals surface area contributed by atoms with Gasteiger partial charge in [0.15, 0.2) is 0 Å². The Hall–Kier alpha value is -2.73. The number of likely N-dealkylation sites (tertiary alicyclic amines) is 1. The summed E-state index contributed by atoms with van der Waals surface area (Å²) in [5, 5.41) is 0.792. The second-order valence-electron chi connectivity index (χ2n) is 7.26. The summed E-state index contributed by atoms with van der Waals surface area (Å²) < 4.78 is 0. The molecule has 2 aliphatic carbocycles. The van der Waals surface area contributed by atoms with E-state index < -0.39 is 11.8 Å². The summed E-state index contributed by atoms with van der Waals surface area (Å²) in [6, 6.07) is 6.63. The van der Waals surface area contributed by atoms with Gasteiger partial charge in [-0.3, -0.25) is 19.2 Å². The molecule has 1 saturated carbocycles. The molecule has 0 spiro atoms. The van der Waals surface area contributed by atoms with Crippen LogP contribution in [0.3, 0.4) is 0 Å². The predicted octanol–water partition coefficient (Wildman–Crippen LogP) is 2.01. The molecule has 132 valence electrons. The molecule has 0 radical (unpaired) electrons. The lowest BCUT2D eigenvalue weighted by molar-refractivity contribution is -0.134. The van der Waals surface area contributed by atoms with Crippen LogP contribution in [0, 0.1) is 23.7 Å². The second kappa shape index (κ2) is 5.38. The van der Waals surface area contributed by atoms with Crippen LogP contribution in [0.2, 0.25) is 0 Å². The molecule has 4 unspecified atom stereocenters. The van der Waals surface area contributed by atoms with Gasteiger partial charge < -0.3 is 4.90 Å². The van der Waals surface area contributed by atoms with Crippen LogP contribution < -0.4 is 0 Å². The fraction of sp³-hybridized carbons (Fsp3) is 0.350. The molecular weight excluding hydrogens is 332 g/mol. The summed E-state index contributed by atoms with van der Waals surface area (Å²) >= 11 is 0. The molecule has 5 rings (SSSR count). The zero-order chi connectivity index (χ0) is 18.0. The van der Waals surface area contributed by atoms with Gasteiger partial charge in [0.25, 0.3) is 11.8 Å². The summed E-state index contributed by atoms with van der Waals surface area (Å²) in [4.78, 5) is 44.4. The Labute approximate surface area is 150 Å². The number of imide groups is 1. The van der Waals surface area contributed by atoms with Gasteiger partial charge in [0.05, 0.1) is 30.2 Å². The third-order valence-corrected chi connectivity index (χ3v) is 6.03. The standard InChI is InChI=1S/C20H18N2O4/c1-11-16-12-6-7-13(10-12)17(16)20(25)21(11)8-9-26-22-18(23)14-4-2-3-5-15(14)19(22)24/h2-7,12-13,16-17H,1,8-10H2. The number of carbonyl (C=O) groups is 3. The van der Waals surface area contributed by atoms with Crippen LogP contribution in [0.25, 0.3) is 0 Å². The SMILES string of the molecule is C=C1C2C3C=CC(C3)C2C(=O)N1CCON1C(=O)c2ccccc2C1=O. The van der Waals surface area contributed by atoms with Gasteiger partial charge in [0.2, 0.25) is 5.91 Å². The Balaban J connectivity index is 1.25. The predicted molar refractivity (Wildman–Crippen MR) is 91.5 cm³/mol. The van der Waals surface area contributed by atoms with Crippen LogP contribution in [-0.2, 0) is 9.63 Å². The van der Waals surface area contributed by atoms with Gasteiger partial charge in [-0.1, -0.05) is 30.9 Å². The highest BCUT2D eigenvalue weighted by Gasteiger charge is 2.56. The molecule has 2 fully saturated rings. The highest BCUT2D eigenvalue weighted by Crippen LogP contribution is 2.55. The topological polar surface area (TPSA) is 66.9 Å². The van der Waals surface area contributed by atoms with Crippen LogP contribution in [0.5, 0.6) is 0 Å². The van der Waals surface area contributed by atoms with Crippen molar-refractivity contribution >= 4 is 17.7 Å². The molecule has 1 saturated heterocycles. The lowest BCUT2D eigenvalue weighted by Gasteiger charge is -2.22. The van der Waals surface area contributed by atoms with E-state index in [1.54, 1.807) is 29.2 Å². The molecule has 2 aliphatic heterocycles. The van der Waals surface area contributed by atoms with Gasteiger partial charge in [-0.15, -0.1) is 5.06 Å². The molecule has 6 heteroatoms. The number of benzene rings is 1. The lowest BCUT2D eigenvalue weighted by Crippen LogP contribution is -2.36. The first-order valence-corrected chi connectivity index (χ1v) is 8.87. The molecule has 2 bridgehead atoms. The largest absolute Gasteiger partial charge is 0.314 e. The van der Waals surface area contributed by atoms with Gasteiger partial charge in [-0.25, -0.2) is 0 Å². The van der Waals surface area contributed by atoms with Gasteiger partial charge in [-0.05, 0) is 30.4 Å². The summed E-state index contributed by atoms with van der Waals surface area (Å²) in [6.45, 7) is 4.49. The maximum absolute atomic E-state index is 12.7. The number of fused-ring (bicyclic) bond motifs is 6. The van der Waals surface area contributed by atoms with Crippen molar-refractivity contribution in [1.82, 2.24) is 9.96 Å². The van der Waals surface area contributed by atoms with Crippen LogP contribution in [0.1, 0.15) is 27.1 Å². The van der Waals surface area contributed by atoms with E-state index in [2.05, 4.69) is 18.7 Å². The smallest absolute Gasteiger partial charge is 0.285 e. The molecule has 0 N–H and O–H groups in total. The number of hydrogen-bond donors (Lipinski definition) is 0. The fourth-order valence-corrected chi connectivity index (χ4v) is 4.88. The van der Waals surface area contributed by atoms with Crippen molar-refractivity contribution in [3.05, 3.63) is 59.8 Å². The summed E-state index contributed by atoms with van der Waals surface area (Å²) in [6.07, 6.45) is 5.39. The number of nitrogens with zero attached hydrogens (tertiary/aromatic N) is 2. The molecule has 1 aromatic carbocycles. The van der Waals surface area contributed by atoms with E-state index in [0.29, 0.717) is 23.0 Å². The monoisotopic (exact) mass is 350 g/mol. The molecule has 26 heavy (non-hydrogen) atoms. The van der Waals surface area contributed by atoms with Crippen LogP contribution in [0.4, 0.5) is 0 Å². The third kappa shape index (κ3) is 1.93. The molecule has 6 nitrogen and oxygen atoms in total. The highest BCUT2D eigenvalue weighted by molar-refractivity contribution is 6.20. The minimum Gasteiger partial charge on any atom is -0.314 e. The first-order chi connectivity index (χ1) is 12.6. The van der Waals surface area contributed by atoms with E-state index in [1.807, 2.05) is 0 Å². The molecular formula is C20H18N2O4. The first-order valence-electron chi connectivity index (χ1n) is 8.87. The number of hydroxylamine groups is 2. The molecule has 0 aromatic heterocycles. The Bertz CT molecular complexity index is 825. The number of rotatable bonds is 4. The summed E-state index contributed by atoms with van der Waals surface area (Å²) in [7, 11) is 0. The van der Waals surface area contributed by atoms with E-state index in [0.717, 1.165) is 17.2 Å². The first kappa shape index (κ1) is 15.5. The summed E-state index contributed by atoms with van der Waals surface area (Å²) in [5.41, 5.74) is 1.52. The van der Waals surface area contributed by atoms with Gasteiger partial charge in [0, 0.05) is 11.6 Å². The molecule has 2 heterocycles. The molecule has 4 atom stereocenters. The normalized spacial score (nSPS) is 31.4. The zero-order valence-electron chi connectivity index (χ0n) is 14.1. The maximum Gasteiger partial charge on any atom is 0.285 e. The fourth-order valence-electron chi connectivity index (χ4n) is 4.88. The maximum atomic E-state index is 12.7. The Morgan fingerprint density at radius 1 is 1.00 bits per heavy atom. The van der Waals surface area contributed by atoms with Gasteiger partial charge >= 0.3 is 0 Å². The van der Waals surface area contributed by atoms with Gasteiger partial charge in [0.1, 0.15) is 0 Å². The van der Waals surface area contributed by atoms with Crippen molar-refractivity contribution in [2.24, 2.45) is 23.7 Å². The molecule has 1 aromatic rings. The van der Waals surface area contributed by atoms with Crippen LogP contribution in [-0.4, -0.2) is 40.8 Å². The lowest BCUT2D eigenvalue weighted by atomic mass is 9.84. The van der Waals surface area contributed by atoms with Crippen molar-refractivity contribution in [2.75, 3.05) is 13.2 Å². The number of carbonyl (C=O) groups excluding carboxylic acids is 3. The molecule has 4 aliphatic rings. The third-order valence-electron chi connectivity index (χ3n) is 6.03. The molecule has 3 amide bonds. The van der Waals surface area contributed by atoms with E-state index in [1.165, 1.54) is 0 Å². The van der Waals surface area contributed by atoms with E-state index >= 15 is 0 Å². The minimum absolute atomic E-state index is 0.00296. The Morgan fingerprint density at radius 2 is 1.62 bits per heavy atom. The van der Waals surface area contributed by atoms with E-state index in [4.69, 9.17) is 4.84 Å². The Kier molecular flexibility index (Phi) is 3.21. The number of hydrogen-bond acceptors (Lipinski definition) is 4. The van der Waals surface area contributed by atoms with Crippen molar-refractivity contribution < 1.29 is 19.2 Å². The zero-order valence-corrected chi connectivity index (χ0v) is 14.1. The summed E-state index contributed by atoms with van der Waals surface area (Å²) in [5.74, 6) is 0.0732. The van der Waals surface area contributed by atoms with Gasteiger partial charge in [-0.2, -0.15) is 0 Å². The van der Waals surface area contributed by atoms with Crippen LogP contribution >= 0.6 is 0 Å². The van der Waals surface area contributed by atoms with E-state index in [9.17, 15) is 14.4 Å². The van der Waals surface area contributed by atoms with E-state index in [-0.39, 0.29) is 30.9 Å². The minimum atomic E-state index is -0.462. The van der Waals surface area contributed by atoms with Crippen molar-refractivity contribution in [1.29, 1.82) is 0 Å². The van der Waals surface area contributed by atoms with Crippen molar-refractivity contribution in [3.63, 3.8) is 0 Å². The quantitative estimate of drug-likeness (QED) is 0.615.